The lowest BCUT2D eigenvalue weighted by Crippen LogP contribution is -2.29. The minimum Gasteiger partial charge on any atom is -0.462 e. The lowest BCUT2D eigenvalue weighted by molar-refractivity contribution is -0.146. The van der Waals surface area contributed by atoms with Gasteiger partial charge in [-0.1, -0.05) is 13.3 Å². The number of unbranched alkanes of at least 4 members (excludes halogenated alkanes) is 1. The fourth-order valence-electron chi connectivity index (χ4n) is 0.681. The van der Waals surface area contributed by atoms with Crippen LogP contribution in [0.2, 0.25) is 0 Å². The fraction of sp³-hybridized carbons (Fsp3) is 0.889. The Hall–Kier alpha value is -0.610. The molecule has 0 heterocycles. The maximum absolute atomic E-state index is 10.8. The zero-order valence-corrected chi connectivity index (χ0v) is 8.41. The topological polar surface area (TPSA) is 61.5 Å². The first-order chi connectivity index (χ1) is 6.18. The first kappa shape index (κ1) is 12.4. The zero-order chi connectivity index (χ0) is 10.1. The Morgan fingerprint density at radius 3 is 2.62 bits per heavy atom. The number of carbonyl (C=O) groups is 1. The van der Waals surface area contributed by atoms with Crippen LogP contribution in [0.5, 0.6) is 0 Å². The lowest BCUT2D eigenvalue weighted by atomic mass is 10.4. The molecular weight excluding hydrogens is 170 g/mol. The summed E-state index contributed by atoms with van der Waals surface area (Å²) in [6.45, 7) is 5.18. The summed E-state index contributed by atoms with van der Waals surface area (Å²) in [4.78, 5) is 10.8. The van der Waals surface area contributed by atoms with E-state index in [1.165, 1.54) is 0 Å². The van der Waals surface area contributed by atoms with Crippen molar-refractivity contribution >= 4 is 5.97 Å². The van der Waals surface area contributed by atoms with Crippen LogP contribution in [0.25, 0.3) is 0 Å². The van der Waals surface area contributed by atoms with Crippen molar-refractivity contribution in [1.82, 2.24) is 0 Å². The largest absolute Gasteiger partial charge is 0.462 e. The van der Waals surface area contributed by atoms with Crippen LogP contribution in [0, 0.1) is 0 Å². The molecule has 0 aliphatic rings. The molecule has 0 spiro atoms. The van der Waals surface area contributed by atoms with E-state index in [-0.39, 0.29) is 5.97 Å². The molecule has 0 bridgehead atoms. The average molecular weight is 189 g/mol. The molecule has 1 atom stereocenters. The molecule has 0 unspecified atom stereocenters. The Morgan fingerprint density at radius 1 is 1.38 bits per heavy atom. The van der Waals surface area contributed by atoms with Gasteiger partial charge in [-0.15, -0.1) is 0 Å². The second-order valence-corrected chi connectivity index (χ2v) is 2.92. The van der Waals surface area contributed by atoms with E-state index in [0.717, 1.165) is 19.4 Å². The van der Waals surface area contributed by atoms with Gasteiger partial charge in [-0.3, -0.25) is 4.79 Å². The highest BCUT2D eigenvalue weighted by Gasteiger charge is 2.07. The predicted molar refractivity (Wildman–Crippen MR) is 50.3 cm³/mol. The number of hydrogen-bond donors (Lipinski definition) is 1. The zero-order valence-electron chi connectivity index (χ0n) is 8.41. The number of hydrogen-bond acceptors (Lipinski definition) is 4. The molecule has 0 rings (SSSR count). The standard InChI is InChI=1S/C9H19NO3/c1-3-4-5-12-6-7-13-9(11)8(2)10/h8H,3-7,10H2,1-2H3/t8-/m1/s1. The van der Waals surface area contributed by atoms with Gasteiger partial charge in [0.15, 0.2) is 0 Å². The summed E-state index contributed by atoms with van der Waals surface area (Å²) < 4.78 is 9.98. The van der Waals surface area contributed by atoms with Crippen molar-refractivity contribution in [3.8, 4) is 0 Å². The molecular formula is C9H19NO3. The molecule has 0 saturated carbocycles. The predicted octanol–water partition coefficient (Wildman–Crippen LogP) is 0.694. The summed E-state index contributed by atoms with van der Waals surface area (Å²) in [7, 11) is 0. The monoisotopic (exact) mass is 189 g/mol. The van der Waals surface area contributed by atoms with Gasteiger partial charge in [0.25, 0.3) is 0 Å². The second kappa shape index (κ2) is 8.01. The van der Waals surface area contributed by atoms with Crippen LogP contribution in [-0.4, -0.2) is 31.8 Å². The highest BCUT2D eigenvalue weighted by atomic mass is 16.6. The van der Waals surface area contributed by atoms with Crippen molar-refractivity contribution in [2.75, 3.05) is 19.8 Å². The van der Waals surface area contributed by atoms with Crippen molar-refractivity contribution in [2.24, 2.45) is 5.73 Å². The smallest absolute Gasteiger partial charge is 0.322 e. The van der Waals surface area contributed by atoms with Crippen LogP contribution >= 0.6 is 0 Å². The Bertz CT molecular complexity index is 137. The van der Waals surface area contributed by atoms with Crippen molar-refractivity contribution in [3.05, 3.63) is 0 Å². The third-order valence-electron chi connectivity index (χ3n) is 1.49. The molecule has 4 nitrogen and oxygen atoms in total. The van der Waals surface area contributed by atoms with E-state index in [1.54, 1.807) is 6.92 Å². The summed E-state index contributed by atoms with van der Waals surface area (Å²) in [5.41, 5.74) is 5.28. The number of rotatable bonds is 7. The Labute approximate surface area is 79.4 Å². The van der Waals surface area contributed by atoms with Crippen LogP contribution < -0.4 is 5.73 Å². The van der Waals surface area contributed by atoms with Gasteiger partial charge in [0.1, 0.15) is 12.6 Å². The van der Waals surface area contributed by atoms with E-state index in [2.05, 4.69) is 6.92 Å². The first-order valence-electron chi connectivity index (χ1n) is 4.68. The summed E-state index contributed by atoms with van der Waals surface area (Å²) in [5, 5.41) is 0. The van der Waals surface area contributed by atoms with E-state index < -0.39 is 6.04 Å². The molecule has 0 aromatic carbocycles. The third-order valence-corrected chi connectivity index (χ3v) is 1.49. The van der Waals surface area contributed by atoms with Gasteiger partial charge in [0.05, 0.1) is 6.61 Å². The quantitative estimate of drug-likeness (QED) is 0.473. The van der Waals surface area contributed by atoms with Gasteiger partial charge in [-0.2, -0.15) is 0 Å². The molecule has 0 fully saturated rings. The van der Waals surface area contributed by atoms with Crippen molar-refractivity contribution in [2.45, 2.75) is 32.7 Å². The number of esters is 1. The summed E-state index contributed by atoms with van der Waals surface area (Å²) in [5.74, 6) is -0.376. The maximum atomic E-state index is 10.8. The van der Waals surface area contributed by atoms with Gasteiger partial charge in [-0.25, -0.2) is 0 Å². The third kappa shape index (κ3) is 7.74. The lowest BCUT2D eigenvalue weighted by Gasteiger charge is -2.07. The molecule has 78 valence electrons. The molecule has 13 heavy (non-hydrogen) atoms. The first-order valence-corrected chi connectivity index (χ1v) is 4.68. The number of nitrogens with two attached hydrogens (primary N) is 1. The van der Waals surface area contributed by atoms with Gasteiger partial charge >= 0.3 is 5.97 Å². The molecule has 0 aromatic heterocycles. The average Bonchev–Trinajstić information content (AvgIpc) is 2.10. The van der Waals surface area contributed by atoms with Crippen LogP contribution in [0.1, 0.15) is 26.7 Å². The van der Waals surface area contributed by atoms with E-state index >= 15 is 0 Å². The normalized spacial score (nSPS) is 12.5. The molecule has 4 heteroatoms. The van der Waals surface area contributed by atoms with E-state index in [0.29, 0.717) is 13.2 Å². The fourth-order valence-corrected chi connectivity index (χ4v) is 0.681. The molecule has 0 radical (unpaired) electrons. The number of ether oxygens (including phenoxy) is 2. The summed E-state index contributed by atoms with van der Waals surface area (Å²) in [6.07, 6.45) is 2.15. The molecule has 0 amide bonds. The van der Waals surface area contributed by atoms with Crippen LogP contribution in [0.3, 0.4) is 0 Å². The molecule has 0 aliphatic heterocycles. The highest BCUT2D eigenvalue weighted by molar-refractivity contribution is 5.74. The molecule has 0 aliphatic carbocycles. The van der Waals surface area contributed by atoms with E-state index in [9.17, 15) is 4.79 Å². The maximum Gasteiger partial charge on any atom is 0.322 e. The minimum atomic E-state index is -0.546. The van der Waals surface area contributed by atoms with Crippen LogP contribution in [0.4, 0.5) is 0 Å². The SMILES string of the molecule is CCCCOCCOC(=O)[C@@H](C)N. The Balaban J connectivity index is 3.12. The van der Waals surface area contributed by atoms with Gasteiger partial charge in [0.2, 0.25) is 0 Å². The highest BCUT2D eigenvalue weighted by Crippen LogP contribution is 1.89. The summed E-state index contributed by atoms with van der Waals surface area (Å²) in [6, 6.07) is -0.546. The van der Waals surface area contributed by atoms with Crippen molar-refractivity contribution in [1.29, 1.82) is 0 Å². The van der Waals surface area contributed by atoms with Crippen LogP contribution in [0.15, 0.2) is 0 Å². The second-order valence-electron chi connectivity index (χ2n) is 2.92. The van der Waals surface area contributed by atoms with Crippen molar-refractivity contribution < 1.29 is 14.3 Å². The summed E-state index contributed by atoms with van der Waals surface area (Å²) >= 11 is 0. The van der Waals surface area contributed by atoms with Gasteiger partial charge < -0.3 is 15.2 Å². The Kier molecular flexibility index (Phi) is 7.63. The van der Waals surface area contributed by atoms with E-state index in [4.69, 9.17) is 15.2 Å². The molecule has 0 saturated heterocycles. The molecule has 2 N–H and O–H groups in total. The van der Waals surface area contributed by atoms with Crippen molar-refractivity contribution in [3.63, 3.8) is 0 Å². The molecule has 0 aromatic rings. The van der Waals surface area contributed by atoms with Gasteiger partial charge in [0, 0.05) is 6.61 Å². The van der Waals surface area contributed by atoms with E-state index in [1.807, 2.05) is 0 Å². The van der Waals surface area contributed by atoms with Gasteiger partial charge in [-0.05, 0) is 13.3 Å². The Morgan fingerprint density at radius 2 is 2.08 bits per heavy atom. The van der Waals surface area contributed by atoms with Crippen LogP contribution in [-0.2, 0) is 14.3 Å². The minimum absolute atomic E-state index is 0.296. The number of carbonyl (C=O) groups excluding carboxylic acids is 1.